The molecule has 3 amide bonds. The van der Waals surface area contributed by atoms with Gasteiger partial charge >= 0.3 is 0 Å². The van der Waals surface area contributed by atoms with Gasteiger partial charge in [0.2, 0.25) is 11.8 Å². The molecule has 0 unspecified atom stereocenters. The second-order valence-corrected chi connectivity index (χ2v) is 11.4. The third kappa shape index (κ3) is 8.75. The minimum atomic E-state index is -3.61. The maximum atomic E-state index is 13.1. The average Bonchev–Trinajstić information content (AvgIpc) is 2.86. The first-order valence-electron chi connectivity index (χ1n) is 12.2. The number of nitrogens with one attached hydrogen (secondary N) is 3. The summed E-state index contributed by atoms with van der Waals surface area (Å²) in [6, 6.07) is 10.1. The molecule has 3 N–H and O–H groups in total. The van der Waals surface area contributed by atoms with E-state index in [4.69, 9.17) is 16.3 Å². The van der Waals surface area contributed by atoms with Gasteiger partial charge in [-0.25, -0.2) is 8.42 Å². The molecule has 0 aromatic heterocycles. The molecule has 3 rings (SSSR count). The fourth-order valence-electron chi connectivity index (χ4n) is 3.78. The average molecular weight is 550 g/mol. The Bertz CT molecular complexity index is 1220. The lowest BCUT2D eigenvalue weighted by atomic mass is 10.1. The van der Waals surface area contributed by atoms with Crippen molar-refractivity contribution in [1.82, 2.24) is 16.0 Å². The molecule has 0 spiro atoms. The zero-order valence-electron chi connectivity index (χ0n) is 20.7. The topological polar surface area (TPSA) is 131 Å². The molecule has 9 nitrogen and oxygen atoms in total. The number of aryl methyl sites for hydroxylation is 1. The Morgan fingerprint density at radius 2 is 1.86 bits per heavy atom. The lowest BCUT2D eigenvalue weighted by Gasteiger charge is -2.19. The summed E-state index contributed by atoms with van der Waals surface area (Å²) in [6.07, 6.45) is 2.41. The summed E-state index contributed by atoms with van der Waals surface area (Å²) in [5.74, 6) is -1.37. The number of carbonyl (C=O) groups excluding carboxylic acids is 3. The fraction of sp³-hybridized carbons (Fsp3) is 0.423. The van der Waals surface area contributed by atoms with Gasteiger partial charge in [0.25, 0.3) is 5.91 Å². The van der Waals surface area contributed by atoms with Crippen LogP contribution in [0.2, 0.25) is 5.02 Å². The van der Waals surface area contributed by atoms with Crippen LogP contribution in [-0.4, -0.2) is 57.6 Å². The number of ether oxygens (including phenoxy) is 1. The quantitative estimate of drug-likeness (QED) is 0.525. The molecule has 0 fully saturated rings. The van der Waals surface area contributed by atoms with E-state index in [1.807, 2.05) is 6.92 Å². The predicted octanol–water partition coefficient (Wildman–Crippen LogP) is 2.80. The van der Waals surface area contributed by atoms with Crippen LogP contribution in [0.3, 0.4) is 0 Å². The molecule has 0 radical (unpaired) electrons. The second-order valence-electron chi connectivity index (χ2n) is 8.89. The lowest BCUT2D eigenvalue weighted by Crippen LogP contribution is -2.48. The highest BCUT2D eigenvalue weighted by Crippen LogP contribution is 2.24. The van der Waals surface area contributed by atoms with Crippen LogP contribution >= 0.6 is 11.6 Å². The highest BCUT2D eigenvalue weighted by Gasteiger charge is 2.25. The van der Waals surface area contributed by atoms with Crippen molar-refractivity contribution in [3.05, 3.63) is 58.6 Å². The molecule has 0 bridgehead atoms. The SMILES string of the molecule is Cc1ccc(S(=O)(=O)CCNC(=O)[C@@H]2CCC(=O)NCCCCCOc3ccc(Cl)cc3C(=O)N2)cc1. The minimum Gasteiger partial charge on any atom is -0.493 e. The van der Waals surface area contributed by atoms with Crippen LogP contribution in [0.1, 0.15) is 48.0 Å². The number of rotatable bonds is 5. The number of carbonyl (C=O) groups is 3. The number of sulfone groups is 1. The van der Waals surface area contributed by atoms with Gasteiger partial charge in [-0.3, -0.25) is 14.4 Å². The van der Waals surface area contributed by atoms with E-state index >= 15 is 0 Å². The summed E-state index contributed by atoms with van der Waals surface area (Å²) in [6.45, 7) is 2.59. The van der Waals surface area contributed by atoms with E-state index in [1.165, 1.54) is 18.2 Å². The molecular weight excluding hydrogens is 518 g/mol. The molecule has 11 heteroatoms. The lowest BCUT2D eigenvalue weighted by molar-refractivity contribution is -0.124. The van der Waals surface area contributed by atoms with Crippen LogP contribution in [-0.2, 0) is 19.4 Å². The number of fused-ring (bicyclic) bond motifs is 1. The molecule has 37 heavy (non-hydrogen) atoms. The normalized spacial score (nSPS) is 17.7. The molecule has 1 aliphatic heterocycles. The highest BCUT2D eigenvalue weighted by molar-refractivity contribution is 7.91. The highest BCUT2D eigenvalue weighted by atomic mass is 35.5. The molecule has 200 valence electrons. The zero-order chi connectivity index (χ0) is 26.8. The Balaban J connectivity index is 1.72. The predicted molar refractivity (Wildman–Crippen MR) is 141 cm³/mol. The Kier molecular flexibility index (Phi) is 10.3. The van der Waals surface area contributed by atoms with Crippen molar-refractivity contribution < 1.29 is 27.5 Å². The van der Waals surface area contributed by atoms with Gasteiger partial charge in [-0.05, 0) is 62.9 Å². The molecular formula is C26H32ClN3O6S. The smallest absolute Gasteiger partial charge is 0.255 e. The number of benzene rings is 2. The van der Waals surface area contributed by atoms with Crippen molar-refractivity contribution in [3.8, 4) is 5.75 Å². The summed E-state index contributed by atoms with van der Waals surface area (Å²) in [7, 11) is -3.61. The van der Waals surface area contributed by atoms with Crippen LogP contribution in [0.4, 0.5) is 0 Å². The van der Waals surface area contributed by atoms with Crippen molar-refractivity contribution in [2.24, 2.45) is 0 Å². The number of amides is 3. The fourth-order valence-corrected chi connectivity index (χ4v) is 5.11. The van der Waals surface area contributed by atoms with Gasteiger partial charge < -0.3 is 20.7 Å². The van der Waals surface area contributed by atoms with E-state index in [9.17, 15) is 22.8 Å². The van der Waals surface area contributed by atoms with Crippen molar-refractivity contribution >= 4 is 39.2 Å². The van der Waals surface area contributed by atoms with Crippen molar-refractivity contribution in [2.75, 3.05) is 25.4 Å². The van der Waals surface area contributed by atoms with E-state index in [0.717, 1.165) is 24.8 Å². The third-order valence-corrected chi connectivity index (χ3v) is 7.89. The molecule has 0 saturated heterocycles. The standard InChI is InChI=1S/C26H32ClN3O6S/c1-18-5-8-20(9-6-18)37(34,35)16-14-29-26(33)22-10-12-24(31)28-13-3-2-4-15-36-23-11-7-19(27)17-21(23)25(32)30-22/h5-9,11,17,22H,2-4,10,12-16H2,1H3,(H,28,31)(H,29,33)(H,30,32)/t22-/m0/s1. The van der Waals surface area contributed by atoms with Crippen LogP contribution in [0.15, 0.2) is 47.4 Å². The molecule has 1 heterocycles. The monoisotopic (exact) mass is 549 g/mol. The van der Waals surface area contributed by atoms with E-state index in [2.05, 4.69) is 16.0 Å². The van der Waals surface area contributed by atoms with Crippen molar-refractivity contribution in [1.29, 1.82) is 0 Å². The molecule has 0 aliphatic carbocycles. The van der Waals surface area contributed by atoms with Crippen LogP contribution < -0.4 is 20.7 Å². The van der Waals surface area contributed by atoms with E-state index in [1.54, 1.807) is 24.3 Å². The first kappa shape index (κ1) is 28.5. The maximum absolute atomic E-state index is 13.1. The first-order chi connectivity index (χ1) is 17.7. The van der Waals surface area contributed by atoms with Gasteiger partial charge in [0.05, 0.1) is 22.8 Å². The third-order valence-electron chi connectivity index (χ3n) is 5.92. The van der Waals surface area contributed by atoms with Gasteiger partial charge in [0, 0.05) is 24.5 Å². The Hall–Kier alpha value is -3.11. The second kappa shape index (κ2) is 13.4. The number of hydrogen-bond donors (Lipinski definition) is 3. The summed E-state index contributed by atoms with van der Waals surface area (Å²) < 4.78 is 31.0. The Morgan fingerprint density at radius 3 is 2.62 bits per heavy atom. The number of halogens is 1. The van der Waals surface area contributed by atoms with Crippen LogP contribution in [0, 0.1) is 6.92 Å². The summed E-state index contributed by atoms with van der Waals surface area (Å²) in [5.41, 5.74) is 1.11. The van der Waals surface area contributed by atoms with Gasteiger partial charge in [0.15, 0.2) is 9.84 Å². The molecule has 2 aromatic carbocycles. The van der Waals surface area contributed by atoms with E-state index in [-0.39, 0.29) is 41.5 Å². The van der Waals surface area contributed by atoms with E-state index < -0.39 is 27.7 Å². The number of hydrogen-bond acceptors (Lipinski definition) is 6. The largest absolute Gasteiger partial charge is 0.493 e. The molecule has 1 aliphatic rings. The molecule has 0 saturated carbocycles. The minimum absolute atomic E-state index is 0.0128. The Morgan fingerprint density at radius 1 is 1.11 bits per heavy atom. The summed E-state index contributed by atoms with van der Waals surface area (Å²) in [4.78, 5) is 38.5. The van der Waals surface area contributed by atoms with Crippen LogP contribution in [0.25, 0.3) is 0 Å². The van der Waals surface area contributed by atoms with Gasteiger partial charge in [-0.1, -0.05) is 29.3 Å². The zero-order valence-corrected chi connectivity index (χ0v) is 22.3. The van der Waals surface area contributed by atoms with E-state index in [0.29, 0.717) is 23.9 Å². The van der Waals surface area contributed by atoms with Crippen molar-refractivity contribution in [3.63, 3.8) is 0 Å². The summed E-state index contributed by atoms with van der Waals surface area (Å²) >= 11 is 6.10. The molecule has 2 aromatic rings. The van der Waals surface area contributed by atoms with Crippen LogP contribution in [0.5, 0.6) is 5.75 Å². The Labute approximate surface area is 222 Å². The maximum Gasteiger partial charge on any atom is 0.255 e. The van der Waals surface area contributed by atoms with Crippen molar-refractivity contribution in [2.45, 2.75) is 50.0 Å². The van der Waals surface area contributed by atoms with Gasteiger partial charge in [-0.2, -0.15) is 0 Å². The van der Waals surface area contributed by atoms with Gasteiger partial charge in [-0.15, -0.1) is 0 Å². The first-order valence-corrected chi connectivity index (χ1v) is 14.3. The molecule has 1 atom stereocenters. The van der Waals surface area contributed by atoms with Gasteiger partial charge in [0.1, 0.15) is 11.8 Å². The summed E-state index contributed by atoms with van der Waals surface area (Å²) in [5, 5.41) is 8.38.